The lowest BCUT2D eigenvalue weighted by Crippen LogP contribution is -2.16. The third kappa shape index (κ3) is 3.82. The van der Waals surface area contributed by atoms with Crippen LogP contribution in [0.2, 0.25) is 10.2 Å². The van der Waals surface area contributed by atoms with Crippen molar-refractivity contribution in [1.29, 1.82) is 0 Å². The Bertz CT molecular complexity index is 591. The molecular weight excluding hydrogens is 281 g/mol. The summed E-state index contributed by atoms with van der Waals surface area (Å²) in [7, 11) is 0. The van der Waals surface area contributed by atoms with Crippen LogP contribution in [0.25, 0.3) is 0 Å². The third-order valence-corrected chi connectivity index (χ3v) is 2.89. The molecule has 0 atom stereocenters. The quantitative estimate of drug-likeness (QED) is 0.807. The molecule has 19 heavy (non-hydrogen) atoms. The van der Waals surface area contributed by atoms with Crippen molar-refractivity contribution >= 4 is 34.7 Å². The molecule has 0 saturated heterocycles. The summed E-state index contributed by atoms with van der Waals surface area (Å²) < 4.78 is 0. The lowest BCUT2D eigenvalue weighted by molar-refractivity contribution is 0.546. The van der Waals surface area contributed by atoms with E-state index in [-0.39, 0.29) is 5.41 Å². The lowest BCUT2D eigenvalue weighted by atomic mass is 9.96. The van der Waals surface area contributed by atoms with Gasteiger partial charge in [0.25, 0.3) is 0 Å². The van der Waals surface area contributed by atoms with Gasteiger partial charge in [-0.2, -0.15) is 0 Å². The zero-order valence-electron chi connectivity index (χ0n) is 11.0. The van der Waals surface area contributed by atoms with Crippen molar-refractivity contribution in [2.45, 2.75) is 26.2 Å². The molecule has 100 valence electrons. The van der Waals surface area contributed by atoms with Gasteiger partial charge < -0.3 is 5.32 Å². The Kier molecular flexibility index (Phi) is 3.97. The smallest absolute Gasteiger partial charge is 0.137 e. The molecule has 0 unspecified atom stereocenters. The number of nitrogens with zero attached hydrogens (tertiary/aromatic N) is 2. The Labute approximate surface area is 123 Å². The van der Waals surface area contributed by atoms with Crippen LogP contribution in [0.5, 0.6) is 0 Å². The van der Waals surface area contributed by atoms with Crippen molar-refractivity contribution in [2.24, 2.45) is 0 Å². The predicted molar refractivity (Wildman–Crippen MR) is 80.5 cm³/mol. The topological polar surface area (TPSA) is 37.8 Å². The van der Waals surface area contributed by atoms with Gasteiger partial charge in [0, 0.05) is 22.2 Å². The number of halogens is 2. The van der Waals surface area contributed by atoms with Crippen molar-refractivity contribution in [3.63, 3.8) is 0 Å². The number of nitrogens with one attached hydrogen (secondary N) is 1. The molecule has 1 aromatic carbocycles. The average molecular weight is 296 g/mol. The fraction of sp³-hybridized carbons (Fsp3) is 0.286. The van der Waals surface area contributed by atoms with E-state index < -0.39 is 0 Å². The van der Waals surface area contributed by atoms with Crippen LogP contribution < -0.4 is 5.32 Å². The van der Waals surface area contributed by atoms with Crippen LogP contribution in [-0.2, 0) is 5.41 Å². The molecule has 2 rings (SSSR count). The Morgan fingerprint density at radius 3 is 2.42 bits per heavy atom. The molecule has 1 heterocycles. The van der Waals surface area contributed by atoms with E-state index in [1.807, 2.05) is 45.0 Å². The van der Waals surface area contributed by atoms with Crippen molar-refractivity contribution in [3.05, 3.63) is 46.3 Å². The van der Waals surface area contributed by atoms with E-state index in [0.29, 0.717) is 21.8 Å². The van der Waals surface area contributed by atoms with Gasteiger partial charge in [-0.3, -0.25) is 0 Å². The van der Waals surface area contributed by atoms with Gasteiger partial charge in [-0.25, -0.2) is 9.97 Å². The number of rotatable bonds is 2. The number of benzene rings is 1. The molecule has 2 aromatic rings. The van der Waals surface area contributed by atoms with Gasteiger partial charge in [-0.1, -0.05) is 50.0 Å². The highest BCUT2D eigenvalue weighted by Crippen LogP contribution is 2.24. The fourth-order valence-electron chi connectivity index (χ4n) is 1.53. The summed E-state index contributed by atoms with van der Waals surface area (Å²) >= 11 is 12.0. The highest BCUT2D eigenvalue weighted by Gasteiger charge is 2.18. The van der Waals surface area contributed by atoms with Crippen LogP contribution in [0.3, 0.4) is 0 Å². The van der Waals surface area contributed by atoms with Crippen LogP contribution in [-0.4, -0.2) is 9.97 Å². The molecule has 3 nitrogen and oxygen atoms in total. The Morgan fingerprint density at radius 1 is 1.05 bits per heavy atom. The second kappa shape index (κ2) is 5.35. The Balaban J connectivity index is 2.33. The summed E-state index contributed by atoms with van der Waals surface area (Å²) in [6.45, 7) is 6.13. The van der Waals surface area contributed by atoms with E-state index in [1.165, 1.54) is 0 Å². The molecule has 0 fully saturated rings. The SMILES string of the molecule is CC(C)(C)c1nc(Cl)cc(Nc2cccc(Cl)c2)n1. The van der Waals surface area contributed by atoms with E-state index in [1.54, 1.807) is 6.07 Å². The summed E-state index contributed by atoms with van der Waals surface area (Å²) in [4.78, 5) is 8.73. The van der Waals surface area contributed by atoms with Gasteiger partial charge in [0.1, 0.15) is 16.8 Å². The first kappa shape index (κ1) is 14.1. The minimum absolute atomic E-state index is 0.157. The minimum Gasteiger partial charge on any atom is -0.340 e. The van der Waals surface area contributed by atoms with Gasteiger partial charge in [0.2, 0.25) is 0 Å². The van der Waals surface area contributed by atoms with Crippen LogP contribution >= 0.6 is 23.2 Å². The monoisotopic (exact) mass is 295 g/mol. The lowest BCUT2D eigenvalue weighted by Gasteiger charge is -2.17. The zero-order valence-corrected chi connectivity index (χ0v) is 12.5. The maximum atomic E-state index is 6.04. The van der Waals surface area contributed by atoms with Crippen LogP contribution in [0.15, 0.2) is 30.3 Å². The summed E-state index contributed by atoms with van der Waals surface area (Å²) in [5, 5.41) is 4.27. The van der Waals surface area contributed by atoms with Gasteiger partial charge >= 0.3 is 0 Å². The molecular formula is C14H15Cl2N3. The summed E-state index contributed by atoms with van der Waals surface area (Å²) in [5.41, 5.74) is 0.706. The first-order valence-corrected chi connectivity index (χ1v) is 6.68. The second-order valence-corrected chi connectivity index (χ2v) is 6.11. The van der Waals surface area contributed by atoms with Gasteiger partial charge in [0.15, 0.2) is 0 Å². The van der Waals surface area contributed by atoms with Crippen LogP contribution in [0.4, 0.5) is 11.5 Å². The standard InChI is InChI=1S/C14H15Cl2N3/c1-14(2,3)13-18-11(16)8-12(19-13)17-10-6-4-5-9(15)7-10/h4-8H,1-3H3,(H,17,18,19). The van der Waals surface area contributed by atoms with Crippen molar-refractivity contribution in [3.8, 4) is 0 Å². The van der Waals surface area contributed by atoms with E-state index in [9.17, 15) is 0 Å². The highest BCUT2D eigenvalue weighted by atomic mass is 35.5. The van der Waals surface area contributed by atoms with E-state index >= 15 is 0 Å². The molecule has 5 heteroatoms. The largest absolute Gasteiger partial charge is 0.340 e. The molecule has 0 radical (unpaired) electrons. The van der Waals surface area contributed by atoms with Crippen molar-refractivity contribution < 1.29 is 0 Å². The number of hydrogen-bond acceptors (Lipinski definition) is 3. The van der Waals surface area contributed by atoms with E-state index in [0.717, 1.165) is 5.69 Å². The second-order valence-electron chi connectivity index (χ2n) is 5.28. The molecule has 0 bridgehead atoms. The number of anilines is 2. The molecule has 1 aromatic heterocycles. The maximum Gasteiger partial charge on any atom is 0.137 e. The summed E-state index contributed by atoms with van der Waals surface area (Å²) in [6, 6.07) is 9.13. The molecule has 0 aliphatic heterocycles. The maximum absolute atomic E-state index is 6.04. The first-order chi connectivity index (χ1) is 8.84. The third-order valence-electron chi connectivity index (χ3n) is 2.46. The van der Waals surface area contributed by atoms with Crippen LogP contribution in [0.1, 0.15) is 26.6 Å². The Hall–Kier alpha value is -1.32. The molecule has 0 aliphatic rings. The summed E-state index contributed by atoms with van der Waals surface area (Å²) in [5.74, 6) is 1.36. The zero-order chi connectivity index (χ0) is 14.0. The first-order valence-electron chi connectivity index (χ1n) is 5.92. The van der Waals surface area contributed by atoms with Gasteiger partial charge in [-0.15, -0.1) is 0 Å². The van der Waals surface area contributed by atoms with E-state index in [4.69, 9.17) is 23.2 Å². The molecule has 1 N–H and O–H groups in total. The van der Waals surface area contributed by atoms with Gasteiger partial charge in [0.05, 0.1) is 0 Å². The Morgan fingerprint density at radius 2 is 1.79 bits per heavy atom. The van der Waals surface area contributed by atoms with Crippen molar-refractivity contribution in [1.82, 2.24) is 9.97 Å². The molecule has 0 aliphatic carbocycles. The highest BCUT2D eigenvalue weighted by molar-refractivity contribution is 6.31. The number of aromatic nitrogens is 2. The molecule has 0 spiro atoms. The average Bonchev–Trinajstić information content (AvgIpc) is 2.26. The summed E-state index contributed by atoms with van der Waals surface area (Å²) in [6.07, 6.45) is 0. The minimum atomic E-state index is -0.157. The van der Waals surface area contributed by atoms with Crippen LogP contribution in [0, 0.1) is 0 Å². The number of hydrogen-bond donors (Lipinski definition) is 1. The van der Waals surface area contributed by atoms with E-state index in [2.05, 4.69) is 15.3 Å². The van der Waals surface area contributed by atoms with Gasteiger partial charge in [-0.05, 0) is 18.2 Å². The predicted octanol–water partition coefficient (Wildman–Crippen LogP) is 4.82. The normalized spacial score (nSPS) is 11.4. The van der Waals surface area contributed by atoms with Crippen molar-refractivity contribution in [2.75, 3.05) is 5.32 Å². The molecule has 0 amide bonds. The fourth-order valence-corrected chi connectivity index (χ4v) is 1.90. The molecule has 0 saturated carbocycles.